The van der Waals surface area contributed by atoms with E-state index in [0.29, 0.717) is 0 Å². The summed E-state index contributed by atoms with van der Waals surface area (Å²) in [5, 5.41) is 5.70. The van der Waals surface area contributed by atoms with E-state index in [1.165, 1.54) is 0 Å². The Labute approximate surface area is 198 Å². The second-order valence-electron chi connectivity index (χ2n) is 10.1. The number of benzene rings is 1. The third-order valence-electron chi connectivity index (χ3n) is 5.99. The maximum atomic E-state index is 13.6. The number of ether oxygens (including phenoxy) is 1. The molecule has 0 aromatic heterocycles. The summed E-state index contributed by atoms with van der Waals surface area (Å²) in [4.78, 5) is 41.0. The first-order valence-electron chi connectivity index (χ1n) is 12.1. The number of amides is 3. The van der Waals surface area contributed by atoms with Gasteiger partial charge in [-0.3, -0.25) is 9.59 Å². The lowest BCUT2D eigenvalue weighted by Gasteiger charge is -2.43. The maximum absolute atomic E-state index is 13.6. The fourth-order valence-electron chi connectivity index (χ4n) is 4.26. The fourth-order valence-corrected chi connectivity index (χ4v) is 4.26. The van der Waals surface area contributed by atoms with E-state index in [9.17, 15) is 14.4 Å². The van der Waals surface area contributed by atoms with Crippen LogP contribution in [-0.4, -0.2) is 47.0 Å². The molecule has 1 fully saturated rings. The zero-order valence-electron chi connectivity index (χ0n) is 21.3. The van der Waals surface area contributed by atoms with Crippen molar-refractivity contribution in [2.45, 2.75) is 104 Å². The number of rotatable bonds is 9. The van der Waals surface area contributed by atoms with Crippen molar-refractivity contribution in [3.63, 3.8) is 0 Å². The average molecular weight is 460 g/mol. The third-order valence-corrected chi connectivity index (χ3v) is 5.99. The van der Waals surface area contributed by atoms with Crippen LogP contribution in [0.1, 0.15) is 89.5 Å². The van der Waals surface area contributed by atoms with Gasteiger partial charge < -0.3 is 20.3 Å². The van der Waals surface area contributed by atoms with E-state index in [2.05, 4.69) is 17.6 Å². The molecule has 33 heavy (non-hydrogen) atoms. The summed E-state index contributed by atoms with van der Waals surface area (Å²) in [5.74, 6) is -0.456. The van der Waals surface area contributed by atoms with Gasteiger partial charge in [-0.25, -0.2) is 4.79 Å². The summed E-state index contributed by atoms with van der Waals surface area (Å²) in [6.45, 7) is 13.1. The Balaban J connectivity index is 2.37. The first-order valence-corrected chi connectivity index (χ1v) is 12.1. The highest BCUT2D eigenvalue weighted by Gasteiger charge is 2.40. The number of alkyl carbamates (subject to hydrolysis) is 1. The maximum Gasteiger partial charge on any atom is 0.408 e. The Morgan fingerprint density at radius 2 is 1.76 bits per heavy atom. The third kappa shape index (κ3) is 7.47. The van der Waals surface area contributed by atoms with Gasteiger partial charge in [0, 0.05) is 12.1 Å². The van der Waals surface area contributed by atoms with Crippen LogP contribution in [0.5, 0.6) is 0 Å². The lowest BCUT2D eigenvalue weighted by Crippen LogP contribution is -2.54. The zero-order chi connectivity index (χ0) is 24.8. The van der Waals surface area contributed by atoms with E-state index >= 15 is 0 Å². The van der Waals surface area contributed by atoms with Crippen molar-refractivity contribution in [2.75, 3.05) is 6.54 Å². The zero-order valence-corrected chi connectivity index (χ0v) is 21.3. The van der Waals surface area contributed by atoms with Crippen LogP contribution in [0, 0.1) is 13.8 Å². The van der Waals surface area contributed by atoms with Gasteiger partial charge >= 0.3 is 6.09 Å². The summed E-state index contributed by atoms with van der Waals surface area (Å²) in [6.07, 6.45) is 3.88. The first-order chi connectivity index (χ1) is 15.4. The molecule has 0 saturated heterocycles. The Bertz CT molecular complexity index is 822. The lowest BCUT2D eigenvalue weighted by molar-refractivity contribution is -0.145. The molecule has 1 saturated carbocycles. The Morgan fingerprint density at radius 1 is 1.15 bits per heavy atom. The number of nitrogens with zero attached hydrogens (tertiary/aromatic N) is 1. The number of nitrogens with one attached hydrogen (secondary N) is 2. The fraction of sp³-hybridized carbons (Fsp3) is 0.654. The highest BCUT2D eigenvalue weighted by molar-refractivity contribution is 5.91. The quantitative estimate of drug-likeness (QED) is 0.567. The minimum Gasteiger partial charge on any atom is -0.444 e. The van der Waals surface area contributed by atoms with Crippen molar-refractivity contribution in [3.8, 4) is 0 Å². The molecule has 2 rings (SSSR count). The van der Waals surface area contributed by atoms with Crippen LogP contribution in [0.25, 0.3) is 0 Å². The normalized spacial score (nSPS) is 15.7. The predicted molar refractivity (Wildman–Crippen MR) is 130 cm³/mol. The molecule has 1 aromatic rings. The van der Waals surface area contributed by atoms with Crippen LogP contribution in [-0.2, 0) is 14.3 Å². The smallest absolute Gasteiger partial charge is 0.408 e. The lowest BCUT2D eigenvalue weighted by atomic mass is 9.86. The van der Waals surface area contributed by atoms with Crippen LogP contribution < -0.4 is 10.6 Å². The summed E-state index contributed by atoms with van der Waals surface area (Å²) in [7, 11) is 0. The molecule has 3 amide bonds. The van der Waals surface area contributed by atoms with E-state index in [4.69, 9.17) is 4.74 Å². The van der Waals surface area contributed by atoms with Crippen molar-refractivity contribution in [3.05, 3.63) is 34.9 Å². The van der Waals surface area contributed by atoms with Crippen LogP contribution in [0.2, 0.25) is 0 Å². The van der Waals surface area contributed by atoms with Gasteiger partial charge in [0.05, 0.1) is 0 Å². The minimum atomic E-state index is -0.747. The Kier molecular flexibility index (Phi) is 9.32. The molecule has 0 radical (unpaired) electrons. The van der Waals surface area contributed by atoms with Crippen molar-refractivity contribution in [2.24, 2.45) is 0 Å². The van der Waals surface area contributed by atoms with E-state index in [1.807, 2.05) is 39.0 Å². The number of carbonyl (C=O) groups is 3. The minimum absolute atomic E-state index is 0.00700. The Morgan fingerprint density at radius 3 is 2.24 bits per heavy atom. The van der Waals surface area contributed by atoms with E-state index in [0.717, 1.165) is 48.8 Å². The first kappa shape index (κ1) is 26.7. The van der Waals surface area contributed by atoms with E-state index < -0.39 is 17.7 Å². The molecule has 0 bridgehead atoms. The van der Waals surface area contributed by atoms with Gasteiger partial charge in [-0.2, -0.15) is 0 Å². The summed E-state index contributed by atoms with van der Waals surface area (Å²) in [6, 6.07) is 5.13. The predicted octanol–water partition coefficient (Wildman–Crippen LogP) is 4.56. The molecule has 0 aliphatic heterocycles. The van der Waals surface area contributed by atoms with Crippen LogP contribution >= 0.6 is 0 Å². The molecule has 2 unspecified atom stereocenters. The van der Waals surface area contributed by atoms with Crippen molar-refractivity contribution >= 4 is 17.9 Å². The molecule has 7 nitrogen and oxygen atoms in total. The molecular weight excluding hydrogens is 418 g/mol. The SMILES string of the molecule is CCCC(C)NC(=O)C(c1c(C)cccc1C)N(C(=O)CNC(=O)OC(C)(C)C)C1CCC1. The van der Waals surface area contributed by atoms with Gasteiger partial charge in [0.15, 0.2) is 0 Å². The highest BCUT2D eigenvalue weighted by atomic mass is 16.6. The molecule has 1 aliphatic carbocycles. The second kappa shape index (κ2) is 11.5. The molecule has 7 heteroatoms. The van der Waals surface area contributed by atoms with Gasteiger partial charge in [-0.1, -0.05) is 31.5 Å². The summed E-state index contributed by atoms with van der Waals surface area (Å²) >= 11 is 0. The highest BCUT2D eigenvalue weighted by Crippen LogP contribution is 2.35. The standard InChI is InChI=1S/C26H41N3O4/c1-8-11-19(4)28-24(31)23(22-17(2)12-9-13-18(22)3)29(20-14-10-15-20)21(30)16-27-25(32)33-26(5,6)7/h9,12-13,19-20,23H,8,10-11,14-16H2,1-7H3,(H,27,32)(H,28,31). The van der Waals surface area contributed by atoms with Crippen molar-refractivity contribution in [1.29, 1.82) is 0 Å². The molecule has 2 N–H and O–H groups in total. The number of hydrogen-bond donors (Lipinski definition) is 2. The monoisotopic (exact) mass is 459 g/mol. The molecule has 1 aliphatic rings. The largest absolute Gasteiger partial charge is 0.444 e. The van der Waals surface area contributed by atoms with Crippen LogP contribution in [0.15, 0.2) is 18.2 Å². The average Bonchev–Trinajstić information content (AvgIpc) is 2.65. The van der Waals surface area contributed by atoms with Crippen molar-refractivity contribution < 1.29 is 19.1 Å². The van der Waals surface area contributed by atoms with E-state index in [1.54, 1.807) is 25.7 Å². The van der Waals surface area contributed by atoms with Gasteiger partial charge in [0.1, 0.15) is 18.2 Å². The van der Waals surface area contributed by atoms with Gasteiger partial charge in [0.25, 0.3) is 0 Å². The number of hydrogen-bond acceptors (Lipinski definition) is 4. The second-order valence-corrected chi connectivity index (χ2v) is 10.1. The molecular formula is C26H41N3O4. The molecule has 2 atom stereocenters. The molecule has 0 spiro atoms. The van der Waals surface area contributed by atoms with Crippen LogP contribution in [0.4, 0.5) is 4.79 Å². The van der Waals surface area contributed by atoms with Gasteiger partial charge in [-0.05, 0) is 83.9 Å². The van der Waals surface area contributed by atoms with E-state index in [-0.39, 0.29) is 30.4 Å². The summed E-state index contributed by atoms with van der Waals surface area (Å²) in [5.41, 5.74) is 2.14. The van der Waals surface area contributed by atoms with Gasteiger partial charge in [-0.15, -0.1) is 0 Å². The van der Waals surface area contributed by atoms with Crippen LogP contribution in [0.3, 0.4) is 0 Å². The number of carbonyl (C=O) groups excluding carboxylic acids is 3. The Hall–Kier alpha value is -2.57. The topological polar surface area (TPSA) is 87.7 Å². The molecule has 0 heterocycles. The van der Waals surface area contributed by atoms with Crippen molar-refractivity contribution in [1.82, 2.24) is 15.5 Å². The molecule has 184 valence electrons. The summed E-state index contributed by atoms with van der Waals surface area (Å²) < 4.78 is 5.28. The number of aryl methyl sites for hydroxylation is 2. The molecule has 1 aromatic carbocycles. The van der Waals surface area contributed by atoms with Gasteiger partial charge in [0.2, 0.25) is 11.8 Å².